The van der Waals surface area contributed by atoms with Gasteiger partial charge in [-0.2, -0.15) is 5.10 Å². The van der Waals surface area contributed by atoms with Gasteiger partial charge in [-0.15, -0.1) is 0 Å². The van der Waals surface area contributed by atoms with Crippen LogP contribution in [0.3, 0.4) is 0 Å². The first-order valence-corrected chi connectivity index (χ1v) is 7.72. The molecule has 0 aliphatic carbocycles. The van der Waals surface area contributed by atoms with Gasteiger partial charge in [-0.05, 0) is 6.42 Å². The Balaban J connectivity index is 1.73. The molecule has 1 aromatic heterocycles. The van der Waals surface area contributed by atoms with Crippen LogP contribution >= 0.6 is 0 Å². The Labute approximate surface area is 132 Å². The molecule has 0 bridgehead atoms. The molecule has 1 N–H and O–H groups in total. The molecule has 7 nitrogen and oxygen atoms in total. The fraction of sp³-hybridized carbons (Fsp3) is 0.733. The van der Waals surface area contributed by atoms with Crippen molar-refractivity contribution >= 4 is 5.96 Å². The van der Waals surface area contributed by atoms with Crippen LogP contribution in [0.1, 0.15) is 12.0 Å². The number of guanidine groups is 1. The second kappa shape index (κ2) is 8.75. The summed E-state index contributed by atoms with van der Waals surface area (Å²) in [5.74, 6) is 1.51. The minimum absolute atomic E-state index is 0.564. The average molecular weight is 309 g/mol. The summed E-state index contributed by atoms with van der Waals surface area (Å²) in [5, 5.41) is 7.57. The van der Waals surface area contributed by atoms with E-state index in [4.69, 9.17) is 9.47 Å². The highest BCUT2D eigenvalue weighted by Gasteiger charge is 2.24. The van der Waals surface area contributed by atoms with Crippen molar-refractivity contribution in [2.24, 2.45) is 18.0 Å². The van der Waals surface area contributed by atoms with Crippen molar-refractivity contribution in [2.45, 2.75) is 13.0 Å². The van der Waals surface area contributed by atoms with Gasteiger partial charge in [0.25, 0.3) is 0 Å². The molecule has 1 saturated heterocycles. The van der Waals surface area contributed by atoms with E-state index in [2.05, 4.69) is 20.3 Å². The Morgan fingerprint density at radius 1 is 1.50 bits per heavy atom. The first kappa shape index (κ1) is 16.8. The number of aromatic nitrogens is 2. The lowest BCUT2D eigenvalue weighted by Crippen LogP contribution is -2.39. The molecule has 7 heteroatoms. The van der Waals surface area contributed by atoms with Gasteiger partial charge in [0.15, 0.2) is 5.96 Å². The van der Waals surface area contributed by atoms with Crippen LogP contribution in [0.5, 0.6) is 0 Å². The summed E-state index contributed by atoms with van der Waals surface area (Å²) in [5.41, 5.74) is 1.15. The van der Waals surface area contributed by atoms with Gasteiger partial charge in [0, 0.05) is 58.5 Å². The van der Waals surface area contributed by atoms with Gasteiger partial charge in [0.1, 0.15) is 0 Å². The molecule has 2 heterocycles. The quantitative estimate of drug-likeness (QED) is 0.451. The number of nitrogens with zero attached hydrogens (tertiary/aromatic N) is 4. The molecule has 0 amide bonds. The fourth-order valence-corrected chi connectivity index (χ4v) is 2.63. The van der Waals surface area contributed by atoms with Crippen LogP contribution in [0.4, 0.5) is 0 Å². The van der Waals surface area contributed by atoms with Crippen LogP contribution in [-0.4, -0.2) is 67.7 Å². The maximum absolute atomic E-state index is 5.63. The van der Waals surface area contributed by atoms with Crippen LogP contribution in [0.15, 0.2) is 17.4 Å². The zero-order valence-corrected chi connectivity index (χ0v) is 13.8. The first-order valence-electron chi connectivity index (χ1n) is 7.72. The summed E-state index contributed by atoms with van der Waals surface area (Å²) in [4.78, 5) is 6.67. The van der Waals surface area contributed by atoms with Crippen LogP contribution in [0.2, 0.25) is 0 Å². The Bertz CT molecular complexity index is 474. The Morgan fingerprint density at radius 3 is 3.05 bits per heavy atom. The van der Waals surface area contributed by atoms with E-state index < -0.39 is 0 Å². The third kappa shape index (κ3) is 4.99. The zero-order valence-electron chi connectivity index (χ0n) is 13.8. The number of rotatable bonds is 7. The molecule has 0 radical (unpaired) electrons. The number of nitrogens with one attached hydrogen (secondary N) is 1. The largest absolute Gasteiger partial charge is 0.382 e. The first-order chi connectivity index (χ1) is 10.7. The van der Waals surface area contributed by atoms with Crippen LogP contribution < -0.4 is 5.32 Å². The van der Waals surface area contributed by atoms with Gasteiger partial charge in [0.05, 0.1) is 26.0 Å². The monoisotopic (exact) mass is 309 g/mol. The minimum atomic E-state index is 0.564. The van der Waals surface area contributed by atoms with Crippen molar-refractivity contribution < 1.29 is 9.47 Å². The van der Waals surface area contributed by atoms with Crippen LogP contribution in [0, 0.1) is 5.92 Å². The predicted octanol–water partition coefficient (Wildman–Crippen LogP) is 0.480. The topological polar surface area (TPSA) is 63.9 Å². The summed E-state index contributed by atoms with van der Waals surface area (Å²) in [6.07, 6.45) is 5.02. The molecule has 0 aromatic carbocycles. The number of methoxy groups -OCH3 is 1. The van der Waals surface area contributed by atoms with Crippen LogP contribution in [0.25, 0.3) is 0 Å². The van der Waals surface area contributed by atoms with Gasteiger partial charge in [-0.1, -0.05) is 0 Å². The van der Waals surface area contributed by atoms with Gasteiger partial charge >= 0.3 is 0 Å². The van der Waals surface area contributed by atoms with E-state index >= 15 is 0 Å². The summed E-state index contributed by atoms with van der Waals surface area (Å²) >= 11 is 0. The maximum Gasteiger partial charge on any atom is 0.193 e. The van der Waals surface area contributed by atoms with Gasteiger partial charge in [-0.3, -0.25) is 9.67 Å². The standard InChI is InChI=1S/C15H27N5O2/c1-16-15(17-8-14-9-18-19(2)10-14)20-5-4-13(11-20)12-22-7-6-21-3/h9-10,13H,4-8,11-12H2,1-3H3,(H,16,17). The highest BCUT2D eigenvalue weighted by Crippen LogP contribution is 2.16. The molecule has 22 heavy (non-hydrogen) atoms. The third-order valence-corrected chi connectivity index (χ3v) is 3.79. The van der Waals surface area contributed by atoms with Crippen molar-refractivity contribution in [3.8, 4) is 0 Å². The van der Waals surface area contributed by atoms with Crippen molar-refractivity contribution in [3.05, 3.63) is 18.0 Å². The Morgan fingerprint density at radius 2 is 2.36 bits per heavy atom. The molecule has 1 aliphatic heterocycles. The predicted molar refractivity (Wildman–Crippen MR) is 85.8 cm³/mol. The van der Waals surface area contributed by atoms with Crippen molar-refractivity contribution in [1.82, 2.24) is 20.0 Å². The Hall–Kier alpha value is -1.60. The fourth-order valence-electron chi connectivity index (χ4n) is 2.63. The zero-order chi connectivity index (χ0) is 15.8. The average Bonchev–Trinajstić information content (AvgIpc) is 3.14. The van der Waals surface area contributed by atoms with Gasteiger partial charge in [-0.25, -0.2) is 0 Å². The molecule has 0 saturated carbocycles. The van der Waals surface area contributed by atoms with Crippen molar-refractivity contribution in [3.63, 3.8) is 0 Å². The summed E-state index contributed by atoms with van der Waals surface area (Å²) < 4.78 is 12.4. The highest BCUT2D eigenvalue weighted by molar-refractivity contribution is 5.80. The number of aryl methyl sites for hydroxylation is 1. The summed E-state index contributed by atoms with van der Waals surface area (Å²) in [6, 6.07) is 0. The number of aliphatic imine (C=N–C) groups is 1. The molecule has 124 valence electrons. The summed E-state index contributed by atoms with van der Waals surface area (Å²) in [7, 11) is 5.44. The molecule has 2 rings (SSSR count). The summed E-state index contributed by atoms with van der Waals surface area (Å²) in [6.45, 7) is 4.86. The highest BCUT2D eigenvalue weighted by atomic mass is 16.5. The lowest BCUT2D eigenvalue weighted by atomic mass is 10.1. The molecular formula is C15H27N5O2. The number of hydrogen-bond acceptors (Lipinski definition) is 4. The van der Waals surface area contributed by atoms with Crippen molar-refractivity contribution in [2.75, 3.05) is 47.1 Å². The molecule has 1 aliphatic rings. The normalized spacial score (nSPS) is 19.0. The van der Waals surface area contributed by atoms with E-state index in [1.165, 1.54) is 0 Å². The van der Waals surface area contributed by atoms with Crippen LogP contribution in [-0.2, 0) is 23.1 Å². The SMILES string of the molecule is CN=C(NCc1cnn(C)c1)N1CCC(COCCOC)C1. The molecule has 1 unspecified atom stereocenters. The second-order valence-corrected chi connectivity index (χ2v) is 5.59. The second-order valence-electron chi connectivity index (χ2n) is 5.59. The number of ether oxygens (including phenoxy) is 2. The van der Waals surface area contributed by atoms with Gasteiger partial charge < -0.3 is 19.7 Å². The smallest absolute Gasteiger partial charge is 0.193 e. The lowest BCUT2D eigenvalue weighted by molar-refractivity contribution is 0.0536. The Kier molecular flexibility index (Phi) is 6.67. The molecule has 1 atom stereocenters. The molecular weight excluding hydrogens is 282 g/mol. The van der Waals surface area contributed by atoms with E-state index in [0.29, 0.717) is 19.1 Å². The van der Waals surface area contributed by atoms with Crippen molar-refractivity contribution in [1.29, 1.82) is 0 Å². The maximum atomic E-state index is 5.63. The van der Waals surface area contributed by atoms with E-state index in [9.17, 15) is 0 Å². The number of hydrogen-bond donors (Lipinski definition) is 1. The van der Waals surface area contributed by atoms with E-state index in [1.54, 1.807) is 7.11 Å². The molecule has 1 fully saturated rings. The number of likely N-dealkylation sites (tertiary alicyclic amines) is 1. The van der Waals surface area contributed by atoms with E-state index in [0.717, 1.165) is 44.2 Å². The molecule has 0 spiro atoms. The lowest BCUT2D eigenvalue weighted by Gasteiger charge is -2.21. The minimum Gasteiger partial charge on any atom is -0.382 e. The third-order valence-electron chi connectivity index (χ3n) is 3.79. The van der Waals surface area contributed by atoms with Gasteiger partial charge in [0.2, 0.25) is 0 Å². The molecule has 1 aromatic rings. The van der Waals surface area contributed by atoms with E-state index in [-0.39, 0.29) is 0 Å². The van der Waals surface area contributed by atoms with E-state index in [1.807, 2.05) is 31.2 Å².